The number of rotatable bonds is 3. The molecule has 1 atom stereocenters. The Morgan fingerprint density at radius 3 is 3.06 bits per heavy atom. The third kappa shape index (κ3) is 2.75. The summed E-state index contributed by atoms with van der Waals surface area (Å²) in [7, 11) is 0. The second-order valence-electron chi connectivity index (χ2n) is 3.68. The predicted molar refractivity (Wildman–Crippen MR) is 58.4 cm³/mol. The SMILES string of the molecule is CC(=O)OC[C@H]1COc2ccc(C=O)cc2O1. The number of fused-ring (bicyclic) bond motifs is 1. The van der Waals surface area contributed by atoms with Gasteiger partial charge in [-0.15, -0.1) is 0 Å². The molecule has 5 heteroatoms. The molecule has 0 amide bonds. The van der Waals surface area contributed by atoms with Gasteiger partial charge in [0.15, 0.2) is 17.6 Å². The lowest BCUT2D eigenvalue weighted by Crippen LogP contribution is -2.34. The summed E-state index contributed by atoms with van der Waals surface area (Å²) in [5.74, 6) is 0.730. The molecule has 0 fully saturated rings. The Balaban J connectivity index is 2.06. The van der Waals surface area contributed by atoms with Crippen LogP contribution in [0.25, 0.3) is 0 Å². The molecule has 0 unspecified atom stereocenters. The van der Waals surface area contributed by atoms with Crippen molar-refractivity contribution in [3.63, 3.8) is 0 Å². The highest BCUT2D eigenvalue weighted by atomic mass is 16.6. The third-order valence-electron chi connectivity index (χ3n) is 2.29. The summed E-state index contributed by atoms with van der Waals surface area (Å²) in [5.41, 5.74) is 0.514. The summed E-state index contributed by atoms with van der Waals surface area (Å²) < 4.78 is 15.8. The highest BCUT2D eigenvalue weighted by molar-refractivity contribution is 5.76. The molecule has 2 rings (SSSR count). The zero-order chi connectivity index (χ0) is 12.3. The van der Waals surface area contributed by atoms with Crippen molar-refractivity contribution < 1.29 is 23.8 Å². The molecular weight excluding hydrogens is 224 g/mol. The Kier molecular flexibility index (Phi) is 3.27. The molecule has 0 aliphatic carbocycles. The number of aldehydes is 1. The molecule has 1 heterocycles. The second kappa shape index (κ2) is 4.86. The van der Waals surface area contributed by atoms with Crippen LogP contribution >= 0.6 is 0 Å². The third-order valence-corrected chi connectivity index (χ3v) is 2.29. The fourth-order valence-electron chi connectivity index (χ4n) is 1.50. The molecule has 90 valence electrons. The Hall–Kier alpha value is -2.04. The molecule has 0 saturated heterocycles. The number of carbonyl (C=O) groups excluding carboxylic acids is 2. The van der Waals surface area contributed by atoms with Gasteiger partial charge in [0.05, 0.1) is 0 Å². The van der Waals surface area contributed by atoms with Gasteiger partial charge in [-0.1, -0.05) is 0 Å². The molecule has 1 aliphatic rings. The van der Waals surface area contributed by atoms with E-state index in [1.165, 1.54) is 6.92 Å². The van der Waals surface area contributed by atoms with Crippen molar-refractivity contribution in [2.75, 3.05) is 13.2 Å². The highest BCUT2D eigenvalue weighted by Gasteiger charge is 2.22. The summed E-state index contributed by atoms with van der Waals surface area (Å²) in [4.78, 5) is 21.3. The van der Waals surface area contributed by atoms with E-state index in [0.29, 0.717) is 23.7 Å². The Bertz CT molecular complexity index is 441. The molecule has 17 heavy (non-hydrogen) atoms. The number of hydrogen-bond acceptors (Lipinski definition) is 5. The largest absolute Gasteiger partial charge is 0.486 e. The molecule has 0 spiro atoms. The Morgan fingerprint density at radius 1 is 1.53 bits per heavy atom. The van der Waals surface area contributed by atoms with Crippen molar-refractivity contribution in [3.8, 4) is 11.5 Å². The smallest absolute Gasteiger partial charge is 0.302 e. The first-order valence-corrected chi connectivity index (χ1v) is 5.21. The molecule has 1 aromatic carbocycles. The Morgan fingerprint density at radius 2 is 2.35 bits per heavy atom. The van der Waals surface area contributed by atoms with Crippen molar-refractivity contribution >= 4 is 12.3 Å². The molecule has 1 aromatic rings. The van der Waals surface area contributed by atoms with Crippen molar-refractivity contribution in [3.05, 3.63) is 23.8 Å². The number of esters is 1. The van der Waals surface area contributed by atoms with E-state index in [1.54, 1.807) is 18.2 Å². The number of hydrogen-bond donors (Lipinski definition) is 0. The van der Waals surface area contributed by atoms with Crippen LogP contribution in [0.5, 0.6) is 11.5 Å². The summed E-state index contributed by atoms with van der Waals surface area (Å²) in [6.07, 6.45) is 0.396. The minimum atomic E-state index is -0.360. The van der Waals surface area contributed by atoms with Gasteiger partial charge in [0.1, 0.15) is 19.5 Å². The lowest BCUT2D eigenvalue weighted by Gasteiger charge is -2.26. The van der Waals surface area contributed by atoms with Gasteiger partial charge in [0.2, 0.25) is 0 Å². The summed E-state index contributed by atoms with van der Waals surface area (Å²) in [6.45, 7) is 1.79. The van der Waals surface area contributed by atoms with Crippen LogP contribution < -0.4 is 9.47 Å². The minimum absolute atomic E-state index is 0.139. The van der Waals surface area contributed by atoms with Gasteiger partial charge < -0.3 is 14.2 Å². The zero-order valence-corrected chi connectivity index (χ0v) is 9.34. The average Bonchev–Trinajstić information content (AvgIpc) is 2.35. The van der Waals surface area contributed by atoms with Crippen LogP contribution in [0.3, 0.4) is 0 Å². The van der Waals surface area contributed by atoms with Crippen LogP contribution in [-0.2, 0) is 9.53 Å². The van der Waals surface area contributed by atoms with Crippen molar-refractivity contribution in [2.24, 2.45) is 0 Å². The van der Waals surface area contributed by atoms with E-state index in [9.17, 15) is 9.59 Å². The van der Waals surface area contributed by atoms with E-state index in [2.05, 4.69) is 0 Å². The first-order valence-electron chi connectivity index (χ1n) is 5.21. The molecule has 0 saturated carbocycles. The molecular formula is C12H12O5. The van der Waals surface area contributed by atoms with E-state index in [1.807, 2.05) is 0 Å². The van der Waals surface area contributed by atoms with Crippen LogP contribution in [0.15, 0.2) is 18.2 Å². The van der Waals surface area contributed by atoms with E-state index < -0.39 is 0 Å². The van der Waals surface area contributed by atoms with E-state index in [4.69, 9.17) is 14.2 Å². The first kappa shape index (κ1) is 11.4. The Labute approximate surface area is 98.3 Å². The van der Waals surface area contributed by atoms with Gasteiger partial charge >= 0.3 is 5.97 Å². The van der Waals surface area contributed by atoms with E-state index in [-0.39, 0.29) is 18.7 Å². The minimum Gasteiger partial charge on any atom is -0.486 e. The highest BCUT2D eigenvalue weighted by Crippen LogP contribution is 2.32. The van der Waals surface area contributed by atoms with E-state index >= 15 is 0 Å². The average molecular weight is 236 g/mol. The maximum atomic E-state index is 10.7. The second-order valence-corrected chi connectivity index (χ2v) is 3.68. The molecule has 0 N–H and O–H groups in total. The van der Waals surface area contributed by atoms with E-state index in [0.717, 1.165) is 6.29 Å². The fraction of sp³-hybridized carbons (Fsp3) is 0.333. The summed E-state index contributed by atoms with van der Waals surface area (Å²) in [6, 6.07) is 4.94. The number of carbonyl (C=O) groups is 2. The van der Waals surface area contributed by atoms with Crippen LogP contribution in [0.2, 0.25) is 0 Å². The van der Waals surface area contributed by atoms with Gasteiger partial charge in [-0.2, -0.15) is 0 Å². The van der Waals surface area contributed by atoms with Crippen molar-refractivity contribution in [1.82, 2.24) is 0 Å². The lowest BCUT2D eigenvalue weighted by molar-refractivity contribution is -0.144. The van der Waals surface area contributed by atoms with Gasteiger partial charge in [-0.25, -0.2) is 0 Å². The maximum absolute atomic E-state index is 10.7. The van der Waals surface area contributed by atoms with Crippen molar-refractivity contribution in [2.45, 2.75) is 13.0 Å². The summed E-state index contributed by atoms with van der Waals surface area (Å²) >= 11 is 0. The molecule has 5 nitrogen and oxygen atoms in total. The topological polar surface area (TPSA) is 61.8 Å². The quantitative estimate of drug-likeness (QED) is 0.583. The monoisotopic (exact) mass is 236 g/mol. The van der Waals surface area contributed by atoms with Crippen LogP contribution in [0.4, 0.5) is 0 Å². The van der Waals surface area contributed by atoms with Crippen LogP contribution in [0.1, 0.15) is 17.3 Å². The predicted octanol–water partition coefficient (Wildman–Crippen LogP) is 1.20. The van der Waals surface area contributed by atoms with Gasteiger partial charge in [-0.3, -0.25) is 9.59 Å². The molecule has 0 radical (unpaired) electrons. The number of benzene rings is 1. The van der Waals surface area contributed by atoms with Crippen LogP contribution in [0, 0.1) is 0 Å². The molecule has 1 aliphatic heterocycles. The standard InChI is InChI=1S/C12H12O5/c1-8(14)15-6-10-7-16-11-3-2-9(5-13)4-12(11)17-10/h2-5,10H,6-7H2,1H3/t10-/m0/s1. The normalized spacial score (nSPS) is 17.4. The molecule has 0 bridgehead atoms. The fourth-order valence-corrected chi connectivity index (χ4v) is 1.50. The summed E-state index contributed by atoms with van der Waals surface area (Å²) in [5, 5.41) is 0. The van der Waals surface area contributed by atoms with Gasteiger partial charge in [0.25, 0.3) is 0 Å². The lowest BCUT2D eigenvalue weighted by atomic mass is 10.2. The van der Waals surface area contributed by atoms with Gasteiger partial charge in [0, 0.05) is 12.5 Å². The maximum Gasteiger partial charge on any atom is 0.302 e. The van der Waals surface area contributed by atoms with Crippen LogP contribution in [-0.4, -0.2) is 31.6 Å². The van der Waals surface area contributed by atoms with Crippen molar-refractivity contribution in [1.29, 1.82) is 0 Å². The number of ether oxygens (including phenoxy) is 3. The zero-order valence-electron chi connectivity index (χ0n) is 9.34. The first-order chi connectivity index (χ1) is 8.19. The molecule has 0 aromatic heterocycles. The van der Waals surface area contributed by atoms with Gasteiger partial charge in [-0.05, 0) is 18.2 Å².